The summed E-state index contributed by atoms with van der Waals surface area (Å²) in [6.45, 7) is 0.722. The van der Waals surface area contributed by atoms with E-state index in [4.69, 9.17) is 0 Å². The second-order valence-electron chi connectivity index (χ2n) is 2.92. The summed E-state index contributed by atoms with van der Waals surface area (Å²) < 4.78 is 0. The maximum atomic E-state index is 11.1. The van der Waals surface area contributed by atoms with Crippen molar-refractivity contribution in [3.05, 3.63) is 24.0 Å². The molecule has 1 heterocycles. The lowest BCUT2D eigenvalue weighted by Crippen LogP contribution is -2.36. The Morgan fingerprint density at radius 2 is 2.46 bits per heavy atom. The summed E-state index contributed by atoms with van der Waals surface area (Å²) in [4.78, 5) is 15.8. The number of carbonyl (C=O) groups is 1. The van der Waals surface area contributed by atoms with Crippen LogP contribution in [-0.2, 0) is 6.42 Å². The largest absolute Gasteiger partial charge is 0.365 e. The average Bonchev–Trinajstić information content (AvgIpc) is 2.65. The molecular formula is C9H15N3O. The molecular weight excluding hydrogens is 166 g/mol. The van der Waals surface area contributed by atoms with E-state index in [1.807, 2.05) is 18.3 Å². The molecule has 4 nitrogen and oxygen atoms in total. The molecule has 0 aliphatic rings. The van der Waals surface area contributed by atoms with E-state index in [0.717, 1.165) is 18.7 Å². The quantitative estimate of drug-likeness (QED) is 0.713. The number of amides is 2. The highest BCUT2D eigenvalue weighted by Gasteiger charge is 2.04. The molecule has 1 aromatic heterocycles. The van der Waals surface area contributed by atoms with Crippen molar-refractivity contribution in [2.75, 3.05) is 20.6 Å². The molecule has 1 aromatic rings. The lowest BCUT2D eigenvalue weighted by Gasteiger charge is -2.15. The van der Waals surface area contributed by atoms with Crippen LogP contribution in [0, 0.1) is 0 Å². The molecule has 0 saturated heterocycles. The number of carbonyl (C=O) groups excluding carboxylic acids is 1. The second kappa shape index (κ2) is 4.54. The number of rotatable bonds is 3. The van der Waals surface area contributed by atoms with Gasteiger partial charge in [-0.15, -0.1) is 0 Å². The minimum Gasteiger partial charge on any atom is -0.365 e. The topological polar surface area (TPSA) is 48.1 Å². The summed E-state index contributed by atoms with van der Waals surface area (Å²) in [7, 11) is 3.41. The van der Waals surface area contributed by atoms with E-state index in [1.54, 1.807) is 19.0 Å². The van der Waals surface area contributed by atoms with E-state index in [-0.39, 0.29) is 6.03 Å². The number of hydrogen-bond donors (Lipinski definition) is 2. The Bertz CT molecular complexity index is 256. The molecule has 0 aromatic carbocycles. The van der Waals surface area contributed by atoms with Crippen molar-refractivity contribution in [3.63, 3.8) is 0 Å². The first-order valence-electron chi connectivity index (χ1n) is 4.29. The van der Waals surface area contributed by atoms with E-state index in [2.05, 4.69) is 10.3 Å². The Hall–Kier alpha value is -1.45. The van der Waals surface area contributed by atoms with Gasteiger partial charge in [-0.2, -0.15) is 0 Å². The maximum Gasteiger partial charge on any atom is 0.316 e. The van der Waals surface area contributed by atoms with Crippen molar-refractivity contribution in [1.29, 1.82) is 0 Å². The Morgan fingerprint density at radius 3 is 3.00 bits per heavy atom. The fourth-order valence-electron chi connectivity index (χ4n) is 1.10. The van der Waals surface area contributed by atoms with Gasteiger partial charge in [0.05, 0.1) is 0 Å². The number of aromatic nitrogens is 1. The van der Waals surface area contributed by atoms with Crippen LogP contribution in [0.15, 0.2) is 18.3 Å². The third-order valence-corrected chi connectivity index (χ3v) is 1.94. The fourth-order valence-corrected chi connectivity index (χ4v) is 1.10. The van der Waals surface area contributed by atoms with Crippen LogP contribution >= 0.6 is 0 Å². The van der Waals surface area contributed by atoms with Crippen LogP contribution in [0.3, 0.4) is 0 Å². The van der Waals surface area contributed by atoms with Crippen LogP contribution in [0.4, 0.5) is 4.79 Å². The Balaban J connectivity index is 2.30. The zero-order chi connectivity index (χ0) is 9.68. The fraction of sp³-hybridized carbons (Fsp3) is 0.444. The molecule has 0 unspecified atom stereocenters. The summed E-state index contributed by atoms with van der Waals surface area (Å²) in [5.74, 6) is 0. The molecule has 72 valence electrons. The van der Waals surface area contributed by atoms with Crippen molar-refractivity contribution in [2.24, 2.45) is 0 Å². The van der Waals surface area contributed by atoms with Gasteiger partial charge in [-0.3, -0.25) is 0 Å². The van der Waals surface area contributed by atoms with Gasteiger partial charge in [-0.05, 0) is 12.1 Å². The average molecular weight is 181 g/mol. The van der Waals surface area contributed by atoms with E-state index in [1.165, 1.54) is 0 Å². The van der Waals surface area contributed by atoms with E-state index in [9.17, 15) is 4.79 Å². The predicted molar refractivity (Wildman–Crippen MR) is 51.6 cm³/mol. The highest BCUT2D eigenvalue weighted by molar-refractivity contribution is 5.73. The molecule has 0 aliphatic heterocycles. The molecule has 1 rings (SSSR count). The van der Waals surface area contributed by atoms with Crippen LogP contribution in [0.1, 0.15) is 5.69 Å². The minimum atomic E-state index is -0.0495. The molecule has 0 atom stereocenters. The van der Waals surface area contributed by atoms with Crippen LogP contribution in [0.2, 0.25) is 0 Å². The van der Waals surface area contributed by atoms with Gasteiger partial charge in [0.2, 0.25) is 0 Å². The van der Waals surface area contributed by atoms with Crippen LogP contribution in [0.25, 0.3) is 0 Å². The zero-order valence-corrected chi connectivity index (χ0v) is 8.00. The molecule has 0 aliphatic carbocycles. The standard InChI is InChI=1S/C9H15N3O/c1-10-9(13)12(2)7-5-8-4-3-6-11-8/h3-4,6,11H,5,7H2,1-2H3,(H,10,13). The van der Waals surface area contributed by atoms with Crippen molar-refractivity contribution in [1.82, 2.24) is 15.2 Å². The third-order valence-electron chi connectivity index (χ3n) is 1.94. The third kappa shape index (κ3) is 2.82. The highest BCUT2D eigenvalue weighted by Crippen LogP contribution is 1.96. The number of nitrogens with one attached hydrogen (secondary N) is 2. The molecule has 0 radical (unpaired) electrons. The molecule has 0 spiro atoms. The number of H-pyrrole nitrogens is 1. The van der Waals surface area contributed by atoms with Crippen LogP contribution < -0.4 is 5.32 Å². The minimum absolute atomic E-state index is 0.0495. The number of aromatic amines is 1. The van der Waals surface area contributed by atoms with Crippen molar-refractivity contribution in [3.8, 4) is 0 Å². The van der Waals surface area contributed by atoms with Crippen molar-refractivity contribution < 1.29 is 4.79 Å². The smallest absolute Gasteiger partial charge is 0.316 e. The monoisotopic (exact) mass is 181 g/mol. The van der Waals surface area contributed by atoms with Gasteiger partial charge in [0.1, 0.15) is 0 Å². The predicted octanol–water partition coefficient (Wildman–Crippen LogP) is 0.828. The van der Waals surface area contributed by atoms with Crippen LogP contribution in [0.5, 0.6) is 0 Å². The van der Waals surface area contributed by atoms with Crippen LogP contribution in [-0.4, -0.2) is 36.6 Å². The summed E-state index contributed by atoms with van der Waals surface area (Å²) in [5, 5.41) is 2.57. The van der Waals surface area contributed by atoms with E-state index in [0.29, 0.717) is 0 Å². The summed E-state index contributed by atoms with van der Waals surface area (Å²) >= 11 is 0. The lowest BCUT2D eigenvalue weighted by atomic mass is 10.3. The normalized spacial score (nSPS) is 9.69. The van der Waals surface area contributed by atoms with E-state index >= 15 is 0 Å². The van der Waals surface area contributed by atoms with Crippen molar-refractivity contribution >= 4 is 6.03 Å². The van der Waals surface area contributed by atoms with Gasteiger partial charge >= 0.3 is 6.03 Å². The Morgan fingerprint density at radius 1 is 1.69 bits per heavy atom. The second-order valence-corrected chi connectivity index (χ2v) is 2.92. The van der Waals surface area contributed by atoms with Crippen molar-refractivity contribution in [2.45, 2.75) is 6.42 Å². The highest BCUT2D eigenvalue weighted by atomic mass is 16.2. The first-order valence-corrected chi connectivity index (χ1v) is 4.29. The molecule has 0 saturated carbocycles. The molecule has 4 heteroatoms. The molecule has 0 bridgehead atoms. The summed E-state index contributed by atoms with van der Waals surface area (Å²) in [6, 6.07) is 3.92. The number of urea groups is 1. The van der Waals surface area contributed by atoms with Gasteiger partial charge < -0.3 is 15.2 Å². The molecule has 2 amide bonds. The van der Waals surface area contributed by atoms with Gasteiger partial charge in [-0.25, -0.2) is 4.79 Å². The number of nitrogens with zero attached hydrogens (tertiary/aromatic N) is 1. The van der Waals surface area contributed by atoms with Gasteiger partial charge in [0, 0.05) is 39.0 Å². The number of hydrogen-bond acceptors (Lipinski definition) is 1. The first-order chi connectivity index (χ1) is 6.24. The van der Waals surface area contributed by atoms with E-state index < -0.39 is 0 Å². The SMILES string of the molecule is CNC(=O)N(C)CCc1ccc[nH]1. The van der Waals surface area contributed by atoms with Gasteiger partial charge in [-0.1, -0.05) is 0 Å². The lowest BCUT2D eigenvalue weighted by molar-refractivity contribution is 0.211. The number of likely N-dealkylation sites (N-methyl/N-ethyl adjacent to an activating group) is 1. The first kappa shape index (κ1) is 9.64. The maximum absolute atomic E-state index is 11.1. The summed E-state index contributed by atoms with van der Waals surface area (Å²) in [6.07, 6.45) is 2.74. The zero-order valence-electron chi connectivity index (χ0n) is 8.00. The Kier molecular flexibility index (Phi) is 3.37. The summed E-state index contributed by atoms with van der Waals surface area (Å²) in [5.41, 5.74) is 1.15. The Labute approximate surface area is 77.9 Å². The molecule has 2 N–H and O–H groups in total. The van der Waals surface area contributed by atoms with Gasteiger partial charge in [0.15, 0.2) is 0 Å². The van der Waals surface area contributed by atoms with Gasteiger partial charge in [0.25, 0.3) is 0 Å². The molecule has 13 heavy (non-hydrogen) atoms. The molecule has 0 fully saturated rings.